The predicted molar refractivity (Wildman–Crippen MR) is 110 cm³/mol. The summed E-state index contributed by atoms with van der Waals surface area (Å²) in [6, 6.07) is 7.37. The van der Waals surface area contributed by atoms with Gasteiger partial charge in [-0.15, -0.1) is 0 Å². The molecule has 150 valence electrons. The topological polar surface area (TPSA) is 64.3 Å². The maximum absolute atomic E-state index is 13.3. The van der Waals surface area contributed by atoms with E-state index in [0.717, 1.165) is 57.9 Å². The fourth-order valence-corrected chi connectivity index (χ4v) is 4.96. The van der Waals surface area contributed by atoms with E-state index in [1.165, 1.54) is 9.13 Å². The molecule has 2 heterocycles. The third-order valence-corrected chi connectivity index (χ3v) is 6.48. The van der Waals surface area contributed by atoms with Crippen LogP contribution in [0.4, 0.5) is 0 Å². The smallest absolute Gasteiger partial charge is 0.332 e. The van der Waals surface area contributed by atoms with Gasteiger partial charge in [0.25, 0.3) is 5.56 Å². The summed E-state index contributed by atoms with van der Waals surface area (Å²) < 4.78 is 2.94. The van der Waals surface area contributed by atoms with Gasteiger partial charge in [-0.1, -0.05) is 31.9 Å². The van der Waals surface area contributed by atoms with Crippen LogP contribution in [0.3, 0.4) is 0 Å². The van der Waals surface area contributed by atoms with Crippen molar-refractivity contribution in [1.82, 2.24) is 14.0 Å². The number of likely N-dealkylation sites (tertiary alicyclic amines) is 1. The zero-order valence-corrected chi connectivity index (χ0v) is 16.6. The first-order valence-electron chi connectivity index (χ1n) is 10.7. The molecule has 1 aromatic heterocycles. The van der Waals surface area contributed by atoms with Crippen LogP contribution in [0.2, 0.25) is 0 Å². The largest absolute Gasteiger partial charge is 0.338 e. The van der Waals surface area contributed by atoms with E-state index in [9.17, 15) is 14.4 Å². The summed E-state index contributed by atoms with van der Waals surface area (Å²) in [6.07, 6.45) is 7.90. The molecule has 1 atom stereocenters. The molecular formula is C22H29N3O3. The lowest BCUT2D eigenvalue weighted by molar-refractivity contribution is -0.135. The van der Waals surface area contributed by atoms with Gasteiger partial charge in [0.15, 0.2) is 0 Å². The van der Waals surface area contributed by atoms with Gasteiger partial charge >= 0.3 is 5.69 Å². The Morgan fingerprint density at radius 2 is 1.75 bits per heavy atom. The maximum atomic E-state index is 13.3. The van der Waals surface area contributed by atoms with Gasteiger partial charge in [0.2, 0.25) is 5.91 Å². The molecule has 1 aromatic carbocycles. The molecule has 6 nitrogen and oxygen atoms in total. The van der Waals surface area contributed by atoms with Crippen LogP contribution in [0.15, 0.2) is 33.9 Å². The molecule has 6 heteroatoms. The predicted octanol–water partition coefficient (Wildman–Crippen LogP) is 3.07. The van der Waals surface area contributed by atoms with Gasteiger partial charge in [0.1, 0.15) is 6.54 Å². The van der Waals surface area contributed by atoms with Crippen molar-refractivity contribution in [2.24, 2.45) is 0 Å². The highest BCUT2D eigenvalue weighted by molar-refractivity contribution is 5.82. The Hall–Kier alpha value is -2.37. The van der Waals surface area contributed by atoms with Crippen molar-refractivity contribution < 1.29 is 4.79 Å². The van der Waals surface area contributed by atoms with Crippen LogP contribution in [0.25, 0.3) is 10.9 Å². The molecule has 2 aromatic rings. The summed E-state index contributed by atoms with van der Waals surface area (Å²) in [5.41, 5.74) is -0.000214. The second-order valence-electron chi connectivity index (χ2n) is 8.14. The van der Waals surface area contributed by atoms with Crippen molar-refractivity contribution in [2.45, 2.75) is 76.9 Å². The second-order valence-corrected chi connectivity index (χ2v) is 8.14. The summed E-state index contributed by atoms with van der Waals surface area (Å²) in [4.78, 5) is 41.4. The molecule has 2 aliphatic rings. The van der Waals surface area contributed by atoms with Crippen LogP contribution in [0.5, 0.6) is 0 Å². The Morgan fingerprint density at radius 3 is 2.50 bits per heavy atom. The number of para-hydroxylation sites is 1. The summed E-state index contributed by atoms with van der Waals surface area (Å²) in [7, 11) is 0. The average Bonchev–Trinajstić information content (AvgIpc) is 3.25. The molecule has 1 aliphatic heterocycles. The van der Waals surface area contributed by atoms with E-state index in [4.69, 9.17) is 0 Å². The fraction of sp³-hybridized carbons (Fsp3) is 0.591. The lowest BCUT2D eigenvalue weighted by Gasteiger charge is -2.35. The van der Waals surface area contributed by atoms with E-state index in [0.29, 0.717) is 10.9 Å². The Balaban J connectivity index is 1.78. The van der Waals surface area contributed by atoms with E-state index in [-0.39, 0.29) is 35.8 Å². The van der Waals surface area contributed by atoms with Crippen molar-refractivity contribution in [3.8, 4) is 0 Å². The maximum Gasteiger partial charge on any atom is 0.332 e. The molecule has 28 heavy (non-hydrogen) atoms. The highest BCUT2D eigenvalue weighted by Gasteiger charge is 2.28. The minimum Gasteiger partial charge on any atom is -0.338 e. The number of hydrogen-bond acceptors (Lipinski definition) is 3. The van der Waals surface area contributed by atoms with Crippen LogP contribution in [0, 0.1) is 0 Å². The fourth-order valence-electron chi connectivity index (χ4n) is 4.96. The van der Waals surface area contributed by atoms with E-state index >= 15 is 0 Å². The Labute approximate surface area is 164 Å². The van der Waals surface area contributed by atoms with Crippen LogP contribution in [-0.2, 0) is 11.3 Å². The Kier molecular flexibility index (Phi) is 5.38. The van der Waals surface area contributed by atoms with Gasteiger partial charge in [-0.05, 0) is 50.7 Å². The lowest BCUT2D eigenvalue weighted by atomic mass is 10.00. The number of piperidine rings is 1. The van der Waals surface area contributed by atoms with E-state index in [1.807, 2.05) is 17.0 Å². The number of nitrogens with zero attached hydrogens (tertiary/aromatic N) is 3. The molecule has 0 bridgehead atoms. The molecule has 2 fully saturated rings. The van der Waals surface area contributed by atoms with E-state index < -0.39 is 0 Å². The molecule has 1 aliphatic carbocycles. The minimum absolute atomic E-state index is 0.00282. The number of aromatic nitrogens is 2. The first-order chi connectivity index (χ1) is 13.6. The van der Waals surface area contributed by atoms with Crippen molar-refractivity contribution in [3.63, 3.8) is 0 Å². The molecule has 0 unspecified atom stereocenters. The summed E-state index contributed by atoms with van der Waals surface area (Å²) in [6.45, 7) is 2.87. The molecule has 1 amide bonds. The quantitative estimate of drug-likeness (QED) is 0.815. The molecular weight excluding hydrogens is 354 g/mol. The second kappa shape index (κ2) is 7.94. The number of rotatable bonds is 4. The number of amides is 1. The highest BCUT2D eigenvalue weighted by Crippen LogP contribution is 2.27. The minimum atomic E-state index is -0.339. The summed E-state index contributed by atoms with van der Waals surface area (Å²) in [5.74, 6) is -0.0181. The Bertz CT molecular complexity index is 985. The first kappa shape index (κ1) is 19.0. The van der Waals surface area contributed by atoms with Gasteiger partial charge < -0.3 is 4.90 Å². The molecule has 1 saturated carbocycles. The van der Waals surface area contributed by atoms with E-state index in [1.54, 1.807) is 12.1 Å². The van der Waals surface area contributed by atoms with E-state index in [2.05, 4.69) is 6.92 Å². The van der Waals surface area contributed by atoms with Crippen LogP contribution < -0.4 is 11.2 Å². The highest BCUT2D eigenvalue weighted by atomic mass is 16.2. The number of hydrogen-bond donors (Lipinski definition) is 0. The van der Waals surface area contributed by atoms with Gasteiger partial charge in [0.05, 0.1) is 10.9 Å². The van der Waals surface area contributed by atoms with Crippen LogP contribution >= 0.6 is 0 Å². The molecule has 1 saturated heterocycles. The van der Waals surface area contributed by atoms with Crippen molar-refractivity contribution in [1.29, 1.82) is 0 Å². The zero-order chi connectivity index (χ0) is 19.7. The molecule has 0 radical (unpaired) electrons. The normalized spacial score (nSPS) is 20.8. The number of carbonyl (C=O) groups excluding carboxylic acids is 1. The van der Waals surface area contributed by atoms with Crippen LogP contribution in [-0.4, -0.2) is 32.5 Å². The SMILES string of the molecule is CC[C@H]1CCCCN1C(=O)Cn1c(=O)n(C2CCCC2)c(=O)c2ccccc21. The van der Waals surface area contributed by atoms with Gasteiger partial charge in [-0.25, -0.2) is 4.79 Å². The summed E-state index contributed by atoms with van der Waals surface area (Å²) in [5, 5.41) is 0.521. The van der Waals surface area contributed by atoms with Crippen molar-refractivity contribution >= 4 is 16.8 Å². The van der Waals surface area contributed by atoms with Crippen molar-refractivity contribution in [2.75, 3.05) is 6.54 Å². The van der Waals surface area contributed by atoms with Gasteiger partial charge in [-0.3, -0.25) is 18.7 Å². The first-order valence-corrected chi connectivity index (χ1v) is 10.7. The Morgan fingerprint density at radius 1 is 1.04 bits per heavy atom. The number of benzene rings is 1. The van der Waals surface area contributed by atoms with Crippen LogP contribution in [0.1, 0.15) is 64.3 Å². The molecule has 0 spiro atoms. The van der Waals surface area contributed by atoms with Gasteiger partial charge in [0, 0.05) is 18.6 Å². The average molecular weight is 383 g/mol. The summed E-state index contributed by atoms with van der Waals surface area (Å²) >= 11 is 0. The van der Waals surface area contributed by atoms with Gasteiger partial charge in [-0.2, -0.15) is 0 Å². The van der Waals surface area contributed by atoms with Crippen molar-refractivity contribution in [3.05, 3.63) is 45.1 Å². The third-order valence-electron chi connectivity index (χ3n) is 6.48. The monoisotopic (exact) mass is 383 g/mol. The standard InChI is InChI=1S/C22H29N3O3/c1-2-16-9-7-8-14-23(16)20(26)15-24-19-13-6-5-12-18(19)21(27)25(22(24)28)17-10-3-4-11-17/h5-6,12-13,16-17H,2-4,7-11,14-15H2,1H3/t16-/m0/s1. The number of fused-ring (bicyclic) bond motifs is 1. The zero-order valence-electron chi connectivity index (χ0n) is 16.6. The lowest BCUT2D eigenvalue weighted by Crippen LogP contribution is -2.48. The third kappa shape index (κ3) is 3.29. The molecule has 4 rings (SSSR count). The molecule has 0 N–H and O–H groups in total. The number of carbonyl (C=O) groups is 1.